The summed E-state index contributed by atoms with van der Waals surface area (Å²) in [6, 6.07) is 14.9. The molecular weight excluding hydrogens is 679 g/mol. The Morgan fingerprint density at radius 1 is 0.681 bits per heavy atom. The third-order valence-electron chi connectivity index (χ3n) is 7.40. The number of ketones is 2. The van der Waals surface area contributed by atoms with Gasteiger partial charge in [0.2, 0.25) is 0 Å². The maximum atomic E-state index is 14.1. The number of nitrogens with one attached hydrogen (secondary N) is 2. The summed E-state index contributed by atoms with van der Waals surface area (Å²) in [5.41, 5.74) is 0.723. The number of hydrogen-bond acceptors (Lipinski definition) is 11. The average molecular weight is 698 g/mol. The summed E-state index contributed by atoms with van der Waals surface area (Å²) in [6.45, 7) is 0. The highest BCUT2D eigenvalue weighted by molar-refractivity contribution is 7.86. The van der Waals surface area contributed by atoms with Gasteiger partial charge in [-0.05, 0) is 23.8 Å². The number of rotatable bonds is 7. The van der Waals surface area contributed by atoms with Crippen LogP contribution in [0.25, 0.3) is 22.0 Å². The highest BCUT2D eigenvalue weighted by atomic mass is 32.2. The van der Waals surface area contributed by atoms with E-state index in [-0.39, 0.29) is 27.6 Å². The molecule has 0 atom stereocenters. The van der Waals surface area contributed by atoms with Crippen LogP contribution < -0.4 is 16.6 Å². The van der Waals surface area contributed by atoms with Gasteiger partial charge < -0.3 is 16.0 Å². The minimum absolute atomic E-state index is 0.0542. The molecule has 1 heterocycles. The Balaban J connectivity index is 1.80. The van der Waals surface area contributed by atoms with E-state index >= 15 is 0 Å². The number of aromatic amines is 1. The van der Waals surface area contributed by atoms with Crippen LogP contribution in [-0.4, -0.2) is 55.5 Å². The number of benzene rings is 4. The lowest BCUT2D eigenvalue weighted by atomic mass is 9.80. The predicted octanol–water partition coefficient (Wildman–Crippen LogP) is 3.04. The smallest absolute Gasteiger partial charge is 0.296 e. The first-order chi connectivity index (χ1) is 21.9. The maximum absolute atomic E-state index is 14.1. The molecule has 0 aliphatic heterocycles. The zero-order valence-corrected chi connectivity index (χ0v) is 25.7. The minimum Gasteiger partial charge on any atom is -0.398 e. The molecule has 1 aromatic heterocycles. The quantitative estimate of drug-likeness (QED) is 0.0795. The first-order valence-corrected chi connectivity index (χ1v) is 17.4. The number of fused-ring (bicyclic) bond motifs is 2. The van der Waals surface area contributed by atoms with Crippen LogP contribution >= 0.6 is 0 Å². The molecule has 240 valence electrons. The lowest BCUT2D eigenvalue weighted by Crippen LogP contribution is -2.25. The second-order valence-corrected chi connectivity index (χ2v) is 14.4. The number of hydrogen-bond donors (Lipinski definition) is 6. The van der Waals surface area contributed by atoms with Crippen molar-refractivity contribution >= 4 is 69.9 Å². The summed E-state index contributed by atoms with van der Waals surface area (Å²) < 4.78 is 104. The number of carbonyl (C=O) groups is 2. The molecule has 4 aromatic carbocycles. The van der Waals surface area contributed by atoms with Crippen LogP contribution in [0, 0.1) is 0 Å². The Hall–Kier alpha value is -5.24. The molecular formula is C29H19N3O12S3. The van der Waals surface area contributed by atoms with Crippen molar-refractivity contribution in [2.24, 2.45) is 0 Å². The van der Waals surface area contributed by atoms with Crippen molar-refractivity contribution < 1.29 is 48.5 Å². The molecule has 15 nitrogen and oxygen atoms in total. The van der Waals surface area contributed by atoms with E-state index in [1.54, 1.807) is 6.07 Å². The molecule has 1 aliphatic carbocycles. The van der Waals surface area contributed by atoms with Gasteiger partial charge in [-0.3, -0.25) is 28.0 Å². The van der Waals surface area contributed by atoms with Gasteiger partial charge in [-0.1, -0.05) is 54.6 Å². The molecule has 0 unspecified atom stereocenters. The molecule has 0 saturated heterocycles. The van der Waals surface area contributed by atoms with Crippen molar-refractivity contribution in [2.45, 2.75) is 14.7 Å². The summed E-state index contributed by atoms with van der Waals surface area (Å²) in [4.78, 5) is 40.7. The fraction of sp³-hybridized carbons (Fsp3) is 0. The van der Waals surface area contributed by atoms with E-state index in [2.05, 4.69) is 10.3 Å². The molecule has 0 spiro atoms. The molecule has 5 aromatic rings. The van der Waals surface area contributed by atoms with Crippen molar-refractivity contribution in [3.63, 3.8) is 0 Å². The standard InChI is InChI=1S/C29H19N3O12S3/c30-16-10-20(46(39,40)41)17(11-19(16)45(36,37)38)31-18-12-21(47(42,43)44)26-24-22(14-8-4-5-9-15(14)28(34)23(18)24)25(29(35)32-26)27(33)13-6-2-1-3-7-13/h1-12,31H,30H2,(H,32,35)(H,36,37,38)(H,39,40,41)(H,42,43,44). The Kier molecular flexibility index (Phi) is 7.19. The fourth-order valence-electron chi connectivity index (χ4n) is 5.49. The van der Waals surface area contributed by atoms with E-state index < -0.39 is 95.9 Å². The van der Waals surface area contributed by atoms with Crippen molar-refractivity contribution in [2.75, 3.05) is 11.1 Å². The number of anilines is 3. The first kappa shape index (κ1) is 31.7. The van der Waals surface area contributed by atoms with Crippen LogP contribution in [0.1, 0.15) is 31.8 Å². The van der Waals surface area contributed by atoms with E-state index in [0.717, 1.165) is 0 Å². The summed E-state index contributed by atoms with van der Waals surface area (Å²) in [6.07, 6.45) is 0. The number of nitrogens with two attached hydrogens (primary N) is 1. The van der Waals surface area contributed by atoms with Gasteiger partial charge in [0, 0.05) is 22.1 Å². The first-order valence-electron chi connectivity index (χ1n) is 13.0. The largest absolute Gasteiger partial charge is 0.398 e. The normalized spacial score (nSPS) is 13.0. The Bertz CT molecular complexity index is 2630. The number of aromatic nitrogens is 1. The predicted molar refractivity (Wildman–Crippen MR) is 167 cm³/mol. The summed E-state index contributed by atoms with van der Waals surface area (Å²) in [5, 5.41) is 2.07. The van der Waals surface area contributed by atoms with Crippen LogP contribution in [-0.2, 0) is 30.4 Å². The Morgan fingerprint density at radius 3 is 1.83 bits per heavy atom. The lowest BCUT2D eigenvalue weighted by Gasteiger charge is -2.25. The molecule has 7 N–H and O–H groups in total. The molecule has 0 amide bonds. The molecule has 6 rings (SSSR count). The van der Waals surface area contributed by atoms with Crippen molar-refractivity contribution in [1.82, 2.24) is 4.98 Å². The molecule has 18 heteroatoms. The van der Waals surface area contributed by atoms with Crippen LogP contribution in [0.3, 0.4) is 0 Å². The number of H-pyrrole nitrogens is 1. The minimum atomic E-state index is -5.27. The van der Waals surface area contributed by atoms with Crippen LogP contribution in [0.15, 0.2) is 92.3 Å². The van der Waals surface area contributed by atoms with Crippen LogP contribution in [0.4, 0.5) is 17.1 Å². The van der Waals surface area contributed by atoms with Gasteiger partial charge >= 0.3 is 0 Å². The van der Waals surface area contributed by atoms with Crippen molar-refractivity contribution in [3.05, 3.63) is 105 Å². The van der Waals surface area contributed by atoms with Gasteiger partial charge in [-0.25, -0.2) is 0 Å². The van der Waals surface area contributed by atoms with Gasteiger partial charge in [0.15, 0.2) is 11.6 Å². The number of carbonyl (C=O) groups excluding carboxylic acids is 2. The summed E-state index contributed by atoms with van der Waals surface area (Å²) in [7, 11) is -15.6. The van der Waals surface area contributed by atoms with Gasteiger partial charge in [-0.15, -0.1) is 0 Å². The summed E-state index contributed by atoms with van der Waals surface area (Å²) >= 11 is 0. The average Bonchev–Trinajstić information content (AvgIpc) is 2.98. The zero-order valence-electron chi connectivity index (χ0n) is 23.2. The van der Waals surface area contributed by atoms with Crippen LogP contribution in [0.5, 0.6) is 0 Å². The number of nitrogen functional groups attached to an aromatic ring is 1. The fourth-order valence-corrected chi connectivity index (χ4v) is 7.46. The molecule has 0 radical (unpaired) electrons. The SMILES string of the molecule is Nc1cc(S(=O)(=O)O)c(Nc2cc(S(=O)(=O)O)c3[nH]c(=O)c(C(=O)c4ccccc4)c4c3c2C(=O)c2ccccc2-4)cc1S(=O)(=O)O. The molecule has 0 bridgehead atoms. The molecule has 47 heavy (non-hydrogen) atoms. The molecule has 1 aliphatic rings. The van der Waals surface area contributed by atoms with E-state index in [1.165, 1.54) is 48.5 Å². The monoisotopic (exact) mass is 697 g/mol. The second kappa shape index (κ2) is 10.7. The van der Waals surface area contributed by atoms with Gasteiger partial charge in [0.1, 0.15) is 14.7 Å². The second-order valence-electron chi connectivity index (χ2n) is 10.3. The Morgan fingerprint density at radius 2 is 1.23 bits per heavy atom. The van der Waals surface area contributed by atoms with Crippen LogP contribution in [0.2, 0.25) is 0 Å². The van der Waals surface area contributed by atoms with E-state index in [1.807, 2.05) is 0 Å². The van der Waals surface area contributed by atoms with Gasteiger partial charge in [-0.2, -0.15) is 25.3 Å². The van der Waals surface area contributed by atoms with E-state index in [4.69, 9.17) is 5.73 Å². The van der Waals surface area contributed by atoms with E-state index in [9.17, 15) is 53.3 Å². The third kappa shape index (κ3) is 5.27. The van der Waals surface area contributed by atoms with Crippen molar-refractivity contribution in [1.29, 1.82) is 0 Å². The molecule has 0 saturated carbocycles. The number of pyridine rings is 1. The van der Waals surface area contributed by atoms with Crippen molar-refractivity contribution in [3.8, 4) is 11.1 Å². The van der Waals surface area contributed by atoms with Gasteiger partial charge in [0.05, 0.1) is 33.7 Å². The maximum Gasteiger partial charge on any atom is 0.296 e. The van der Waals surface area contributed by atoms with Gasteiger partial charge in [0.25, 0.3) is 35.9 Å². The Labute approximate surface area is 264 Å². The topological polar surface area (TPSA) is 268 Å². The molecule has 0 fully saturated rings. The highest BCUT2D eigenvalue weighted by Crippen LogP contribution is 2.46. The highest BCUT2D eigenvalue weighted by Gasteiger charge is 2.36. The zero-order chi connectivity index (χ0) is 34.2. The third-order valence-corrected chi connectivity index (χ3v) is 10.1. The van der Waals surface area contributed by atoms with E-state index in [0.29, 0.717) is 18.2 Å². The summed E-state index contributed by atoms with van der Waals surface area (Å²) in [5.74, 6) is -1.64. The lowest BCUT2D eigenvalue weighted by molar-refractivity contribution is 0.102.